The molecule has 14 N–H and O–H groups in total. The number of para-hydroxylation sites is 4. The first kappa shape index (κ1) is 126. The lowest BCUT2D eigenvalue weighted by molar-refractivity contribution is -0.151. The maximum atomic E-state index is 14.1. The number of carboxylic acid groups (broad SMARTS) is 4. The number of nitriles is 1. The first-order valence-electron chi connectivity index (χ1n) is 44.2. The Kier molecular flexibility index (Phi) is 51.5. The lowest BCUT2D eigenvalue weighted by Gasteiger charge is -2.22. The number of pyridine rings is 3. The number of rotatable bonds is 27. The number of anilines is 3. The van der Waals surface area contributed by atoms with Gasteiger partial charge >= 0.3 is 78.2 Å². The number of esters is 4. The number of hydrogen-bond acceptors (Lipinski definition) is 34. The number of nitrogens with zero attached hydrogens (tertiary/aromatic N) is 6. The van der Waals surface area contributed by atoms with E-state index in [1.165, 1.54) is 99.9 Å². The third-order valence-electron chi connectivity index (χ3n) is 17.1. The lowest BCUT2D eigenvalue weighted by Crippen LogP contribution is -2.42. The molecule has 47 heteroatoms. The Morgan fingerprint density at radius 1 is 0.417 bits per heavy atom. The molecule has 8 aromatic rings. The molecular weight excluding hydrogens is 1900 g/mol. The van der Waals surface area contributed by atoms with Crippen LogP contribution in [0.25, 0.3) is 32.7 Å². The smallest absolute Gasteiger partial charge is 0.408 e. The minimum absolute atomic E-state index is 0.00632. The van der Waals surface area contributed by atoms with Gasteiger partial charge in [-0.15, -0.1) is 0 Å². The van der Waals surface area contributed by atoms with Crippen LogP contribution in [0.4, 0.5) is 58.9 Å². The van der Waals surface area contributed by atoms with Crippen molar-refractivity contribution in [1.82, 2.24) is 51.5 Å². The van der Waals surface area contributed by atoms with E-state index in [1.807, 2.05) is 6.07 Å². The van der Waals surface area contributed by atoms with Crippen molar-refractivity contribution in [2.24, 2.45) is 0 Å². The number of aliphatic carboxylic acids is 2. The number of aromatic carboxylic acids is 2. The van der Waals surface area contributed by atoms with E-state index < -0.39 is 184 Å². The van der Waals surface area contributed by atoms with E-state index in [0.717, 1.165) is 0 Å². The van der Waals surface area contributed by atoms with Crippen molar-refractivity contribution in [3.63, 3.8) is 0 Å². The van der Waals surface area contributed by atoms with Gasteiger partial charge in [0.2, 0.25) is 0 Å². The van der Waals surface area contributed by atoms with Crippen LogP contribution in [0.2, 0.25) is 0 Å². The molecule has 0 saturated heterocycles. The SMILES string of the molecule is CCOC(=O)CC(=O)O.CCOC(=O)CC(=O)[C@H](C)NC(=O)OC(C)(C)C.CCOC(=O)CC(=O)[C@H](C)NC(=O)OC(C)(C)C.CCOC(=O)c1cc2cccc(F)c2nc1[C@H](C)NC(=O)OC(C)(C)C.C[C@H](NC(=O)OC(C)(C)C)C(=O)O.C[C@H](NC(=O)OC(C)(C)C)c1nc2c(F)cccc2cc1C(=O)O.C[C@H](Nc1ncnc(N)c1C#N)c1nc2c(F)cccc2cc1C(=O)O.Nc1c(F)cccc1C=O. The van der Waals surface area contributed by atoms with E-state index in [2.05, 4.69) is 71.0 Å². The Morgan fingerprint density at radius 2 is 0.722 bits per heavy atom. The number of ketones is 2. The number of nitrogens with two attached hydrogens (primary N) is 2. The Hall–Kier alpha value is -16.1. The van der Waals surface area contributed by atoms with Crippen LogP contribution in [-0.2, 0) is 76.2 Å². The summed E-state index contributed by atoms with van der Waals surface area (Å²) in [6.45, 7) is 42.5. The number of hydrogen-bond donors (Lipinski definition) is 12. The zero-order valence-corrected chi connectivity index (χ0v) is 84.6. The number of carboxylic acids is 4. The van der Waals surface area contributed by atoms with E-state index in [-0.39, 0.29) is 118 Å². The minimum Gasteiger partial charge on any atom is -0.481 e. The molecule has 43 nitrogen and oxygen atoms in total. The highest BCUT2D eigenvalue weighted by molar-refractivity contribution is 6.01. The third-order valence-corrected chi connectivity index (χ3v) is 17.1. The maximum Gasteiger partial charge on any atom is 0.408 e. The summed E-state index contributed by atoms with van der Waals surface area (Å²) in [6, 6.07) is 18.7. The fourth-order valence-electron chi connectivity index (χ4n) is 10.9. The van der Waals surface area contributed by atoms with Crippen LogP contribution in [0, 0.1) is 34.6 Å². The minimum atomic E-state index is -1.21. The van der Waals surface area contributed by atoms with Gasteiger partial charge in [0.25, 0.3) is 0 Å². The maximum absolute atomic E-state index is 14.1. The molecule has 6 atom stereocenters. The molecule has 0 fully saturated rings. The van der Waals surface area contributed by atoms with Crippen molar-refractivity contribution >= 4 is 146 Å². The van der Waals surface area contributed by atoms with Crippen molar-refractivity contribution in [3.8, 4) is 6.07 Å². The highest BCUT2D eigenvalue weighted by atomic mass is 19.1. The number of ether oxygens (including phenoxy) is 9. The Morgan fingerprint density at radius 3 is 1.03 bits per heavy atom. The second kappa shape index (κ2) is 58.9. The summed E-state index contributed by atoms with van der Waals surface area (Å²) < 4.78 is 98.4. The number of fused-ring (bicyclic) bond motifs is 3. The average Bonchev–Trinajstić information content (AvgIpc) is 0.780. The van der Waals surface area contributed by atoms with Crippen molar-refractivity contribution in [3.05, 3.63) is 165 Å². The second-order valence-electron chi connectivity index (χ2n) is 35.3. The summed E-state index contributed by atoms with van der Waals surface area (Å²) in [5, 5.41) is 60.7. The Balaban J connectivity index is 0.000000842. The van der Waals surface area contributed by atoms with Gasteiger partial charge in [-0.1, -0.05) is 42.5 Å². The molecule has 0 spiro atoms. The molecule has 0 unspecified atom stereocenters. The monoisotopic (exact) mass is 2030 g/mol. The Bertz CT molecular complexity index is 5830. The summed E-state index contributed by atoms with van der Waals surface area (Å²) >= 11 is 0. The molecule has 4 heterocycles. The summed E-state index contributed by atoms with van der Waals surface area (Å²) in [5.41, 5.74) is 8.35. The van der Waals surface area contributed by atoms with Crippen molar-refractivity contribution in [2.45, 2.75) is 257 Å². The molecule has 0 saturated carbocycles. The number of carbonyl (C=O) groups excluding carboxylic acids is 12. The van der Waals surface area contributed by atoms with E-state index in [4.69, 9.17) is 50.1 Å². The number of aromatic nitrogens is 5. The summed E-state index contributed by atoms with van der Waals surface area (Å²) in [4.78, 5) is 199. The fraction of sp³-hybridized carbons (Fsp3) is 0.443. The second-order valence-corrected chi connectivity index (χ2v) is 35.3. The van der Waals surface area contributed by atoms with Crippen LogP contribution < -0.4 is 43.4 Å². The van der Waals surface area contributed by atoms with Gasteiger partial charge in [-0.3, -0.25) is 38.4 Å². The van der Waals surface area contributed by atoms with Crippen LogP contribution in [0.1, 0.15) is 275 Å². The molecular formula is C97H126F4N14O29. The first-order chi connectivity index (χ1) is 66.6. The van der Waals surface area contributed by atoms with Crippen molar-refractivity contribution in [1.29, 1.82) is 5.26 Å². The fourth-order valence-corrected chi connectivity index (χ4v) is 10.9. The molecule has 5 amide bonds. The van der Waals surface area contributed by atoms with Gasteiger partial charge in [-0.05, 0) is 222 Å². The van der Waals surface area contributed by atoms with Gasteiger partial charge in [-0.2, -0.15) is 5.26 Å². The number of Topliss-reactive ketones (excluding diaryl/α,β-unsaturated/α-hetero) is 2. The van der Waals surface area contributed by atoms with Crippen LogP contribution in [-0.4, -0.2) is 214 Å². The number of nitrogen functional groups attached to an aromatic ring is 2. The predicted octanol–water partition coefficient (Wildman–Crippen LogP) is 15.4. The van der Waals surface area contributed by atoms with Crippen LogP contribution in [0.3, 0.4) is 0 Å². The summed E-state index contributed by atoms with van der Waals surface area (Å²) in [7, 11) is 0. The van der Waals surface area contributed by atoms with Crippen molar-refractivity contribution in [2.75, 3.05) is 43.2 Å². The third kappa shape index (κ3) is 47.7. The number of carbonyl (C=O) groups is 16. The number of nitrogens with one attached hydrogen (secondary N) is 6. The van der Waals surface area contributed by atoms with Crippen LogP contribution >= 0.6 is 0 Å². The van der Waals surface area contributed by atoms with E-state index >= 15 is 0 Å². The zero-order chi connectivity index (χ0) is 111. The standard InChI is InChI=1S/C19H23FN2O4.C17H13FN6O2.C17H19FN2O4.2C12H21NO5.C8H15NO4.C7H6FNO.C5H8O4/c1-6-25-17(23)13-10-12-8-7-9-14(20)16(12)22-15(13)11(2)21-18(24)26-19(3,4)5;1-8(23-16-11(6-19)15(20)21-7-22-16)13-10(17(25)26)5-9-3-2-4-12(18)14(9)24-13;1-9(19-16(23)24-17(2,3)4)13-11(15(21)22)8-10-6-5-7-12(18)14(10)20-13;2*1-6-17-10(15)7-9(14)8(2)13-11(16)18-12(3,4)5;1-5(6(10)11)9-7(12)13-8(2,3)4;8-6-3-1-2-5(4-10)7(6)9;1-2-9-5(8)3-4(6)7/h7-11H,6H2,1-5H3,(H,21,24);2-5,7-8H,1H3,(H,25,26)(H3,20,21,22,23);5-9H,1-4H3,(H,19,23)(H,21,22);2*8H,6-7H2,1-5H3,(H,13,16);5H,1-4H3,(H,9,12)(H,10,11);1-4H,9H2;2-3H2,1H3,(H,6,7)/t11-;8-;9-;2*8-;5-;;/m000000../s1. The van der Waals surface area contributed by atoms with E-state index in [0.29, 0.717) is 22.4 Å². The van der Waals surface area contributed by atoms with Gasteiger partial charge in [0, 0.05) is 21.7 Å². The molecule has 8 rings (SSSR count). The first-order valence-corrected chi connectivity index (χ1v) is 44.2. The largest absolute Gasteiger partial charge is 0.481 e. The molecule has 786 valence electrons. The number of alkyl carbamates (subject to hydrolysis) is 5. The van der Waals surface area contributed by atoms with Gasteiger partial charge < -0.3 is 106 Å². The quantitative estimate of drug-likeness (QED) is 0.00568. The normalized spacial score (nSPS) is 12.0. The van der Waals surface area contributed by atoms with Gasteiger partial charge in [-0.25, -0.2) is 80.8 Å². The zero-order valence-electron chi connectivity index (χ0n) is 84.6. The van der Waals surface area contributed by atoms with Crippen LogP contribution in [0.15, 0.2) is 97.3 Å². The van der Waals surface area contributed by atoms with Crippen molar-refractivity contribution < 1.29 is 157 Å². The highest BCUT2D eigenvalue weighted by Crippen LogP contribution is 2.31. The predicted molar refractivity (Wildman–Crippen MR) is 515 cm³/mol. The summed E-state index contributed by atoms with van der Waals surface area (Å²) in [6.07, 6.45) is -3.02. The molecule has 4 aromatic heterocycles. The lowest BCUT2D eigenvalue weighted by atomic mass is 10.0. The molecule has 0 aliphatic rings. The molecule has 0 aliphatic carbocycles. The summed E-state index contributed by atoms with van der Waals surface area (Å²) in [5.74, 6) is -10.0. The average molecular weight is 2030 g/mol. The molecule has 0 aliphatic heterocycles. The van der Waals surface area contributed by atoms with Crippen LogP contribution in [0.5, 0.6) is 0 Å². The molecule has 0 bridgehead atoms. The number of benzene rings is 4. The van der Waals surface area contributed by atoms with E-state index in [9.17, 15) is 110 Å². The number of aldehydes is 1. The highest BCUT2D eigenvalue weighted by Gasteiger charge is 2.31. The van der Waals surface area contributed by atoms with E-state index in [1.54, 1.807) is 171 Å². The molecule has 144 heavy (non-hydrogen) atoms. The molecule has 4 aromatic carbocycles. The Labute approximate surface area is 828 Å². The van der Waals surface area contributed by atoms with Gasteiger partial charge in [0.05, 0.1) is 96.1 Å². The topological polar surface area (TPSA) is 650 Å². The molecule has 0 radical (unpaired) electrons. The van der Waals surface area contributed by atoms with Gasteiger partial charge in [0.1, 0.15) is 123 Å². The number of amides is 5. The number of halogens is 4. The van der Waals surface area contributed by atoms with Gasteiger partial charge in [0.15, 0.2) is 17.9 Å².